The Bertz CT molecular complexity index is 1500. The molecule has 5 rings (SSSR count). The van der Waals surface area contributed by atoms with Gasteiger partial charge < -0.3 is 24.7 Å². The molecule has 0 radical (unpaired) electrons. The minimum Gasteiger partial charge on any atom is -0.469 e. The van der Waals surface area contributed by atoms with Crippen LogP contribution >= 0.6 is 0 Å². The van der Waals surface area contributed by atoms with E-state index in [0.29, 0.717) is 37.5 Å². The Balaban J connectivity index is 1.25. The summed E-state index contributed by atoms with van der Waals surface area (Å²) in [5.41, 5.74) is 4.43. The summed E-state index contributed by atoms with van der Waals surface area (Å²) in [5, 5.41) is 5.68. The SMILES string of the molecule is COC(=O)CC1CCN(C(=O)c2ccc(-c3cccc(NC(=O)NCc4ccccc4)c3)o2)Cc2ccccc21. The van der Waals surface area contributed by atoms with Crippen LogP contribution in [0.3, 0.4) is 0 Å². The molecule has 0 bridgehead atoms. The summed E-state index contributed by atoms with van der Waals surface area (Å²) < 4.78 is 10.9. The largest absolute Gasteiger partial charge is 0.469 e. The van der Waals surface area contributed by atoms with Gasteiger partial charge in [-0.05, 0) is 53.3 Å². The zero-order valence-electron chi connectivity index (χ0n) is 22.3. The van der Waals surface area contributed by atoms with Crippen LogP contribution in [0.15, 0.2) is 95.4 Å². The molecule has 1 aliphatic rings. The molecule has 0 saturated carbocycles. The quantitative estimate of drug-likeness (QED) is 0.283. The van der Waals surface area contributed by atoms with Crippen molar-refractivity contribution in [2.24, 2.45) is 0 Å². The van der Waals surface area contributed by atoms with Gasteiger partial charge in [0.2, 0.25) is 0 Å². The number of urea groups is 1. The average molecular weight is 538 g/mol. The maximum absolute atomic E-state index is 13.5. The Morgan fingerprint density at radius 2 is 1.75 bits per heavy atom. The minimum atomic E-state index is -0.316. The number of carbonyl (C=O) groups is 3. The summed E-state index contributed by atoms with van der Waals surface area (Å²) in [7, 11) is 1.39. The fourth-order valence-corrected chi connectivity index (χ4v) is 4.97. The van der Waals surface area contributed by atoms with Crippen molar-refractivity contribution >= 4 is 23.6 Å². The molecule has 8 nitrogen and oxygen atoms in total. The number of hydrogen-bond donors (Lipinski definition) is 2. The summed E-state index contributed by atoms with van der Waals surface area (Å²) in [6.07, 6.45) is 0.917. The summed E-state index contributed by atoms with van der Waals surface area (Å²) in [6.45, 7) is 1.34. The molecule has 204 valence electrons. The highest BCUT2D eigenvalue weighted by molar-refractivity contribution is 5.92. The van der Waals surface area contributed by atoms with Gasteiger partial charge in [-0.1, -0.05) is 66.7 Å². The van der Waals surface area contributed by atoms with Gasteiger partial charge in [0.05, 0.1) is 13.5 Å². The Morgan fingerprint density at radius 3 is 2.58 bits per heavy atom. The molecule has 4 aromatic rings. The van der Waals surface area contributed by atoms with Gasteiger partial charge in [0.15, 0.2) is 5.76 Å². The van der Waals surface area contributed by atoms with Gasteiger partial charge in [-0.15, -0.1) is 0 Å². The maximum Gasteiger partial charge on any atom is 0.319 e. The van der Waals surface area contributed by atoms with Crippen LogP contribution < -0.4 is 10.6 Å². The highest BCUT2D eigenvalue weighted by atomic mass is 16.5. The van der Waals surface area contributed by atoms with E-state index >= 15 is 0 Å². The van der Waals surface area contributed by atoms with Crippen LogP contribution in [0, 0.1) is 0 Å². The van der Waals surface area contributed by atoms with Crippen molar-refractivity contribution in [3.8, 4) is 11.3 Å². The Labute approximate surface area is 232 Å². The molecule has 2 heterocycles. The summed E-state index contributed by atoms with van der Waals surface area (Å²) in [4.78, 5) is 39.6. The number of nitrogens with zero attached hydrogens (tertiary/aromatic N) is 1. The summed E-state index contributed by atoms with van der Waals surface area (Å²) >= 11 is 0. The molecule has 0 aliphatic carbocycles. The second-order valence-electron chi connectivity index (χ2n) is 9.73. The maximum atomic E-state index is 13.5. The molecule has 3 amide bonds. The van der Waals surface area contributed by atoms with E-state index in [1.165, 1.54) is 7.11 Å². The Kier molecular flexibility index (Phi) is 8.25. The number of ether oxygens (including phenoxy) is 1. The number of amides is 3. The van der Waals surface area contributed by atoms with Crippen LogP contribution in [-0.4, -0.2) is 36.5 Å². The van der Waals surface area contributed by atoms with Crippen molar-refractivity contribution in [3.63, 3.8) is 0 Å². The van der Waals surface area contributed by atoms with E-state index in [-0.39, 0.29) is 36.0 Å². The third kappa shape index (κ3) is 6.40. The van der Waals surface area contributed by atoms with Crippen LogP contribution in [0.4, 0.5) is 10.5 Å². The highest BCUT2D eigenvalue weighted by Gasteiger charge is 2.28. The Morgan fingerprint density at radius 1 is 0.950 bits per heavy atom. The zero-order chi connectivity index (χ0) is 27.9. The lowest BCUT2D eigenvalue weighted by molar-refractivity contribution is -0.141. The lowest BCUT2D eigenvalue weighted by atomic mass is 9.90. The van der Waals surface area contributed by atoms with Crippen molar-refractivity contribution in [2.75, 3.05) is 19.0 Å². The van der Waals surface area contributed by atoms with E-state index in [0.717, 1.165) is 22.3 Å². The molecule has 0 saturated heterocycles. The minimum absolute atomic E-state index is 0.0197. The first-order chi connectivity index (χ1) is 19.5. The summed E-state index contributed by atoms with van der Waals surface area (Å²) in [5.74, 6) is 0.261. The van der Waals surface area contributed by atoms with Gasteiger partial charge >= 0.3 is 12.0 Å². The van der Waals surface area contributed by atoms with E-state index in [4.69, 9.17) is 9.15 Å². The number of methoxy groups -OCH3 is 1. The second-order valence-corrected chi connectivity index (χ2v) is 9.73. The fourth-order valence-electron chi connectivity index (χ4n) is 4.97. The number of furan rings is 1. The van der Waals surface area contributed by atoms with Crippen molar-refractivity contribution in [2.45, 2.75) is 31.8 Å². The number of hydrogen-bond acceptors (Lipinski definition) is 5. The standard InChI is InChI=1S/C32H31N3O5/c1-39-30(36)19-23-16-17-35(21-25-10-5-6-13-27(23)25)31(37)29-15-14-28(40-29)24-11-7-12-26(18-24)34-32(38)33-20-22-8-3-2-4-9-22/h2-15,18,23H,16-17,19-21H2,1H3,(H2,33,34,38). The predicted molar refractivity (Wildman–Crippen MR) is 152 cm³/mol. The molecule has 0 spiro atoms. The van der Waals surface area contributed by atoms with E-state index in [1.54, 1.807) is 29.2 Å². The smallest absolute Gasteiger partial charge is 0.319 e. The molecular formula is C32H31N3O5. The van der Waals surface area contributed by atoms with Crippen LogP contribution in [0.5, 0.6) is 0 Å². The second kappa shape index (κ2) is 12.3. The molecule has 0 fully saturated rings. The first-order valence-corrected chi connectivity index (χ1v) is 13.2. The molecule has 1 aromatic heterocycles. The van der Waals surface area contributed by atoms with E-state index in [9.17, 15) is 14.4 Å². The van der Waals surface area contributed by atoms with Gasteiger partial charge in [0.1, 0.15) is 5.76 Å². The van der Waals surface area contributed by atoms with Crippen molar-refractivity contribution in [1.82, 2.24) is 10.2 Å². The van der Waals surface area contributed by atoms with Crippen molar-refractivity contribution < 1.29 is 23.5 Å². The molecule has 3 aromatic carbocycles. The number of anilines is 1. The fraction of sp³-hybridized carbons (Fsp3) is 0.219. The molecule has 1 unspecified atom stereocenters. The highest BCUT2D eigenvalue weighted by Crippen LogP contribution is 2.32. The molecule has 1 aliphatic heterocycles. The third-order valence-electron chi connectivity index (χ3n) is 7.05. The predicted octanol–water partition coefficient (Wildman–Crippen LogP) is 5.96. The average Bonchev–Trinajstić information content (AvgIpc) is 3.41. The molecule has 8 heteroatoms. The number of esters is 1. The molecular weight excluding hydrogens is 506 g/mol. The lowest BCUT2D eigenvalue weighted by Gasteiger charge is -2.19. The molecule has 2 N–H and O–H groups in total. The number of fused-ring (bicyclic) bond motifs is 1. The first kappa shape index (κ1) is 26.7. The number of carbonyl (C=O) groups excluding carboxylic acids is 3. The van der Waals surface area contributed by atoms with E-state index in [1.807, 2.05) is 66.7 Å². The Hall–Kier alpha value is -4.85. The zero-order valence-corrected chi connectivity index (χ0v) is 22.3. The van der Waals surface area contributed by atoms with Gasteiger partial charge in [-0.25, -0.2) is 4.79 Å². The van der Waals surface area contributed by atoms with Gasteiger partial charge in [-0.2, -0.15) is 0 Å². The van der Waals surface area contributed by atoms with Gasteiger partial charge in [0.25, 0.3) is 5.91 Å². The van der Waals surface area contributed by atoms with Crippen LogP contribution in [0.25, 0.3) is 11.3 Å². The van der Waals surface area contributed by atoms with Gasteiger partial charge in [-0.3, -0.25) is 9.59 Å². The van der Waals surface area contributed by atoms with Crippen LogP contribution in [0.2, 0.25) is 0 Å². The topological polar surface area (TPSA) is 101 Å². The van der Waals surface area contributed by atoms with E-state index in [2.05, 4.69) is 10.6 Å². The first-order valence-electron chi connectivity index (χ1n) is 13.2. The van der Waals surface area contributed by atoms with Crippen LogP contribution in [0.1, 0.15) is 46.0 Å². The van der Waals surface area contributed by atoms with Gasteiger partial charge in [0, 0.05) is 30.9 Å². The lowest BCUT2D eigenvalue weighted by Crippen LogP contribution is -2.30. The molecule has 1 atom stereocenters. The van der Waals surface area contributed by atoms with Crippen molar-refractivity contribution in [1.29, 1.82) is 0 Å². The van der Waals surface area contributed by atoms with E-state index < -0.39 is 0 Å². The number of rotatable bonds is 7. The van der Waals surface area contributed by atoms with Crippen LogP contribution in [-0.2, 0) is 22.6 Å². The monoisotopic (exact) mass is 537 g/mol. The summed E-state index contributed by atoms with van der Waals surface area (Å²) in [6, 6.07) is 28.0. The number of benzene rings is 3. The van der Waals surface area contributed by atoms with Crippen molar-refractivity contribution in [3.05, 3.63) is 113 Å². The third-order valence-corrected chi connectivity index (χ3v) is 7.05. The molecule has 40 heavy (non-hydrogen) atoms. The number of nitrogens with one attached hydrogen (secondary N) is 2. The normalized spacial score (nSPS) is 14.5.